The first-order chi connectivity index (χ1) is 13.7. The standard InChI is InChI=1S/C19H13ClF3N3O3/c20-12-5-3-4-11(8-12)16-9-15(26-29-16)18(28)25-14-7-2-1-6-13(14)17(27)24-10-19(21,22)23/h1-9H,10H2,(H,24,27)(H,25,28). The molecule has 0 bridgehead atoms. The topological polar surface area (TPSA) is 84.2 Å². The van der Waals surface area contributed by atoms with E-state index in [-0.39, 0.29) is 16.9 Å². The lowest BCUT2D eigenvalue weighted by Gasteiger charge is -2.12. The second-order valence-corrected chi connectivity index (χ2v) is 6.32. The SMILES string of the molecule is O=C(Nc1ccccc1C(=O)NCC(F)(F)F)c1cc(-c2cccc(Cl)c2)on1. The highest BCUT2D eigenvalue weighted by atomic mass is 35.5. The number of amides is 2. The van der Waals surface area contributed by atoms with E-state index in [2.05, 4.69) is 10.5 Å². The molecule has 29 heavy (non-hydrogen) atoms. The summed E-state index contributed by atoms with van der Waals surface area (Å²) in [6, 6.07) is 13.8. The van der Waals surface area contributed by atoms with Gasteiger partial charge in [0.15, 0.2) is 11.5 Å². The van der Waals surface area contributed by atoms with Crippen LogP contribution in [0.15, 0.2) is 59.1 Å². The van der Waals surface area contributed by atoms with Gasteiger partial charge in [0.25, 0.3) is 11.8 Å². The number of benzene rings is 2. The van der Waals surface area contributed by atoms with Crippen molar-refractivity contribution in [3.63, 3.8) is 0 Å². The van der Waals surface area contributed by atoms with Crippen LogP contribution in [-0.4, -0.2) is 29.7 Å². The number of para-hydroxylation sites is 1. The number of halogens is 4. The molecule has 0 fully saturated rings. The molecule has 1 aromatic heterocycles. The van der Waals surface area contributed by atoms with Crippen LogP contribution in [0.2, 0.25) is 5.02 Å². The number of alkyl halides is 3. The predicted octanol–water partition coefficient (Wildman–Crippen LogP) is 4.54. The molecular formula is C19H13ClF3N3O3. The van der Waals surface area contributed by atoms with Gasteiger partial charge in [-0.15, -0.1) is 0 Å². The molecule has 0 aliphatic rings. The van der Waals surface area contributed by atoms with Crippen molar-refractivity contribution in [1.29, 1.82) is 0 Å². The van der Waals surface area contributed by atoms with Gasteiger partial charge in [-0.3, -0.25) is 9.59 Å². The van der Waals surface area contributed by atoms with Gasteiger partial charge in [0, 0.05) is 16.7 Å². The number of carbonyl (C=O) groups is 2. The van der Waals surface area contributed by atoms with Crippen molar-refractivity contribution in [1.82, 2.24) is 10.5 Å². The average molecular weight is 424 g/mol. The maximum absolute atomic E-state index is 12.4. The smallest absolute Gasteiger partial charge is 0.355 e. The van der Waals surface area contributed by atoms with Gasteiger partial charge in [-0.05, 0) is 24.3 Å². The van der Waals surface area contributed by atoms with Crippen LogP contribution in [-0.2, 0) is 0 Å². The minimum absolute atomic E-state index is 0.0319. The van der Waals surface area contributed by atoms with Crippen molar-refractivity contribution in [2.75, 3.05) is 11.9 Å². The van der Waals surface area contributed by atoms with Gasteiger partial charge in [0.2, 0.25) is 0 Å². The number of nitrogens with zero attached hydrogens (tertiary/aromatic N) is 1. The van der Waals surface area contributed by atoms with Crippen LogP contribution >= 0.6 is 11.6 Å². The zero-order valence-electron chi connectivity index (χ0n) is 14.6. The van der Waals surface area contributed by atoms with Crippen molar-refractivity contribution >= 4 is 29.1 Å². The van der Waals surface area contributed by atoms with Gasteiger partial charge in [0.1, 0.15) is 6.54 Å². The lowest BCUT2D eigenvalue weighted by atomic mass is 10.1. The van der Waals surface area contributed by atoms with Crippen molar-refractivity contribution in [2.24, 2.45) is 0 Å². The van der Waals surface area contributed by atoms with Crippen molar-refractivity contribution < 1.29 is 27.3 Å². The van der Waals surface area contributed by atoms with Crippen LogP contribution < -0.4 is 10.6 Å². The van der Waals surface area contributed by atoms with Gasteiger partial charge in [-0.25, -0.2) is 0 Å². The first kappa shape index (κ1) is 20.4. The summed E-state index contributed by atoms with van der Waals surface area (Å²) in [6.45, 7) is -1.49. The second kappa shape index (κ2) is 8.36. The zero-order valence-corrected chi connectivity index (χ0v) is 15.3. The van der Waals surface area contributed by atoms with Gasteiger partial charge >= 0.3 is 6.18 Å². The third-order valence-corrected chi connectivity index (χ3v) is 3.96. The quantitative estimate of drug-likeness (QED) is 0.631. The maximum atomic E-state index is 12.4. The van der Waals surface area contributed by atoms with Crippen molar-refractivity contribution in [3.05, 3.63) is 70.9 Å². The number of aromatic nitrogens is 1. The molecular weight excluding hydrogens is 411 g/mol. The van der Waals surface area contributed by atoms with Crippen molar-refractivity contribution in [2.45, 2.75) is 6.18 Å². The molecule has 150 valence electrons. The van der Waals surface area contributed by atoms with E-state index < -0.39 is 24.5 Å². The van der Waals surface area contributed by atoms with Gasteiger partial charge in [-0.2, -0.15) is 13.2 Å². The summed E-state index contributed by atoms with van der Waals surface area (Å²) in [5.74, 6) is -1.37. The molecule has 0 aliphatic heterocycles. The summed E-state index contributed by atoms with van der Waals surface area (Å²) in [6.07, 6.45) is -4.55. The predicted molar refractivity (Wildman–Crippen MR) is 99.7 cm³/mol. The molecule has 0 unspecified atom stereocenters. The molecule has 0 saturated carbocycles. The van der Waals surface area contributed by atoms with Crippen LogP contribution in [0.4, 0.5) is 18.9 Å². The molecule has 0 aliphatic carbocycles. The van der Waals surface area contributed by atoms with Crippen LogP contribution in [0, 0.1) is 0 Å². The lowest BCUT2D eigenvalue weighted by molar-refractivity contribution is -0.123. The van der Waals surface area contributed by atoms with Crippen LogP contribution in [0.5, 0.6) is 0 Å². The van der Waals surface area contributed by atoms with E-state index in [0.29, 0.717) is 16.3 Å². The van der Waals surface area contributed by atoms with E-state index in [1.807, 2.05) is 0 Å². The Morgan fingerprint density at radius 1 is 1.03 bits per heavy atom. The van der Waals surface area contributed by atoms with Gasteiger partial charge in [0.05, 0.1) is 11.3 Å². The van der Waals surface area contributed by atoms with E-state index in [9.17, 15) is 22.8 Å². The zero-order chi connectivity index (χ0) is 21.0. The Bertz CT molecular complexity index is 1050. The summed E-state index contributed by atoms with van der Waals surface area (Å²) < 4.78 is 42.1. The molecule has 10 heteroatoms. The van der Waals surface area contributed by atoms with Gasteiger partial charge < -0.3 is 15.2 Å². The Morgan fingerprint density at radius 2 is 1.79 bits per heavy atom. The number of rotatable bonds is 5. The van der Waals surface area contributed by atoms with Gasteiger partial charge in [-0.1, -0.05) is 41.0 Å². The Kier molecular flexibility index (Phi) is 5.88. The highest BCUT2D eigenvalue weighted by molar-refractivity contribution is 6.30. The molecule has 2 aromatic carbocycles. The number of nitrogens with one attached hydrogen (secondary N) is 2. The highest BCUT2D eigenvalue weighted by Gasteiger charge is 2.28. The number of hydrogen-bond acceptors (Lipinski definition) is 4. The second-order valence-electron chi connectivity index (χ2n) is 5.88. The molecule has 0 atom stereocenters. The third-order valence-electron chi connectivity index (χ3n) is 3.72. The minimum Gasteiger partial charge on any atom is -0.355 e. The number of carbonyl (C=O) groups excluding carboxylic acids is 2. The maximum Gasteiger partial charge on any atom is 0.405 e. The molecule has 0 spiro atoms. The summed E-state index contributed by atoms with van der Waals surface area (Å²) in [5, 5.41) is 8.37. The Hall–Kier alpha value is -3.33. The fourth-order valence-corrected chi connectivity index (χ4v) is 2.60. The molecule has 3 rings (SSSR count). The normalized spacial score (nSPS) is 11.2. The fourth-order valence-electron chi connectivity index (χ4n) is 2.41. The molecule has 0 saturated heterocycles. The Morgan fingerprint density at radius 3 is 2.52 bits per heavy atom. The largest absolute Gasteiger partial charge is 0.405 e. The molecule has 2 amide bonds. The van der Waals surface area contributed by atoms with E-state index in [0.717, 1.165) is 0 Å². The number of anilines is 1. The Labute approximate surface area is 167 Å². The lowest BCUT2D eigenvalue weighted by Crippen LogP contribution is -2.34. The first-order valence-corrected chi connectivity index (χ1v) is 8.59. The number of hydrogen-bond donors (Lipinski definition) is 2. The summed E-state index contributed by atoms with van der Waals surface area (Å²) >= 11 is 5.92. The van der Waals surface area contributed by atoms with E-state index >= 15 is 0 Å². The van der Waals surface area contributed by atoms with E-state index in [1.165, 1.54) is 30.3 Å². The third kappa shape index (κ3) is 5.35. The van der Waals surface area contributed by atoms with Crippen molar-refractivity contribution in [3.8, 4) is 11.3 Å². The monoisotopic (exact) mass is 423 g/mol. The molecule has 6 nitrogen and oxygen atoms in total. The Balaban J connectivity index is 1.76. The highest BCUT2D eigenvalue weighted by Crippen LogP contribution is 2.24. The molecule has 1 heterocycles. The average Bonchev–Trinajstić information content (AvgIpc) is 3.16. The molecule has 0 radical (unpaired) electrons. The summed E-state index contributed by atoms with van der Waals surface area (Å²) in [7, 11) is 0. The summed E-state index contributed by atoms with van der Waals surface area (Å²) in [5.41, 5.74) is 0.439. The first-order valence-electron chi connectivity index (χ1n) is 8.21. The van der Waals surface area contributed by atoms with E-state index in [1.54, 1.807) is 29.6 Å². The minimum atomic E-state index is -4.55. The fraction of sp³-hybridized carbons (Fsp3) is 0.105. The van der Waals surface area contributed by atoms with E-state index in [4.69, 9.17) is 16.1 Å². The van der Waals surface area contributed by atoms with Crippen LogP contribution in [0.3, 0.4) is 0 Å². The summed E-state index contributed by atoms with van der Waals surface area (Å²) in [4.78, 5) is 24.5. The van der Waals surface area contributed by atoms with Crippen LogP contribution in [0.25, 0.3) is 11.3 Å². The molecule has 3 aromatic rings. The van der Waals surface area contributed by atoms with Crippen LogP contribution in [0.1, 0.15) is 20.8 Å². The molecule has 2 N–H and O–H groups in total.